The number of fused-ring (bicyclic) bond motifs is 1. The number of nitriles is 1. The number of alkyl halides is 2. The summed E-state index contributed by atoms with van der Waals surface area (Å²) in [6.45, 7) is 0.120. The van der Waals surface area contributed by atoms with Gasteiger partial charge in [0.2, 0.25) is 0 Å². The van der Waals surface area contributed by atoms with E-state index < -0.39 is 6.61 Å². The summed E-state index contributed by atoms with van der Waals surface area (Å²) in [6.07, 6.45) is 3.34. The number of carbonyl (C=O) groups excluding carboxylic acids is 1. The zero-order chi connectivity index (χ0) is 22.7. The molecule has 166 valence electrons. The van der Waals surface area contributed by atoms with E-state index in [1.165, 1.54) is 18.9 Å². The van der Waals surface area contributed by atoms with Crippen LogP contribution in [0.5, 0.6) is 5.75 Å². The molecule has 2 aromatic carbocycles. The molecule has 0 radical (unpaired) electrons. The number of rotatable bonds is 8. The third-order valence-electron chi connectivity index (χ3n) is 5.58. The van der Waals surface area contributed by atoms with Crippen molar-refractivity contribution in [2.24, 2.45) is 5.92 Å². The Morgan fingerprint density at radius 1 is 1.25 bits per heavy atom. The quantitative estimate of drug-likeness (QED) is 0.472. The Kier molecular flexibility index (Phi) is 6.26. The van der Waals surface area contributed by atoms with Gasteiger partial charge < -0.3 is 19.9 Å². The number of urea groups is 1. The fraction of sp³-hybridized carbons (Fsp3) is 0.333. The molecule has 0 atom stereocenters. The molecule has 1 aliphatic rings. The van der Waals surface area contributed by atoms with Gasteiger partial charge in [-0.1, -0.05) is 25.0 Å². The van der Waals surface area contributed by atoms with Crippen LogP contribution in [0.4, 0.5) is 19.3 Å². The van der Waals surface area contributed by atoms with Crippen LogP contribution in [0.2, 0.25) is 0 Å². The predicted molar refractivity (Wildman–Crippen MR) is 119 cm³/mol. The van der Waals surface area contributed by atoms with Gasteiger partial charge in [0, 0.05) is 30.2 Å². The van der Waals surface area contributed by atoms with Crippen LogP contribution < -0.4 is 15.4 Å². The van der Waals surface area contributed by atoms with Crippen LogP contribution in [-0.4, -0.2) is 23.8 Å². The second-order valence-electron chi connectivity index (χ2n) is 7.84. The minimum absolute atomic E-state index is 0.0650. The van der Waals surface area contributed by atoms with E-state index in [-0.39, 0.29) is 11.8 Å². The number of anilines is 1. The Morgan fingerprint density at radius 3 is 2.62 bits per heavy atom. The summed E-state index contributed by atoms with van der Waals surface area (Å²) >= 11 is 0. The molecule has 1 aromatic heterocycles. The van der Waals surface area contributed by atoms with Gasteiger partial charge in [-0.3, -0.25) is 0 Å². The lowest BCUT2D eigenvalue weighted by Gasteiger charge is -2.13. The van der Waals surface area contributed by atoms with E-state index >= 15 is 0 Å². The number of hydrogen-bond donors (Lipinski definition) is 2. The standard InChI is InChI=1S/C24H24F2N4O2/c1-2-28-24(31)29-17-7-5-16(6-8-17)22-20(14-27)19-10-9-18(32-23(25)26)13-21(19)30(22)12-11-15-3-4-15/h5-10,13,15,23H,2-4,11-12H2,1H3,(H2,28,29,31). The largest absolute Gasteiger partial charge is 0.435 e. The van der Waals surface area contributed by atoms with E-state index in [0.29, 0.717) is 41.2 Å². The molecule has 0 aliphatic heterocycles. The van der Waals surface area contributed by atoms with Gasteiger partial charge in [0.25, 0.3) is 0 Å². The molecule has 0 unspecified atom stereocenters. The topological polar surface area (TPSA) is 79.1 Å². The van der Waals surface area contributed by atoms with Crippen molar-refractivity contribution in [1.29, 1.82) is 5.26 Å². The van der Waals surface area contributed by atoms with Crippen molar-refractivity contribution in [1.82, 2.24) is 9.88 Å². The minimum atomic E-state index is -2.91. The third kappa shape index (κ3) is 4.67. The number of carbonyl (C=O) groups is 1. The summed E-state index contributed by atoms with van der Waals surface area (Å²) in [4.78, 5) is 11.8. The molecule has 4 rings (SSSR count). The van der Waals surface area contributed by atoms with Gasteiger partial charge in [-0.15, -0.1) is 0 Å². The van der Waals surface area contributed by atoms with E-state index in [2.05, 4.69) is 21.4 Å². The maximum Gasteiger partial charge on any atom is 0.387 e. The number of halogens is 2. The maximum atomic E-state index is 12.8. The Hall–Kier alpha value is -3.60. The molecule has 1 heterocycles. The van der Waals surface area contributed by atoms with Crippen molar-refractivity contribution >= 4 is 22.6 Å². The lowest BCUT2D eigenvalue weighted by atomic mass is 10.1. The van der Waals surface area contributed by atoms with Gasteiger partial charge >= 0.3 is 12.6 Å². The van der Waals surface area contributed by atoms with Crippen LogP contribution in [0.3, 0.4) is 0 Å². The predicted octanol–water partition coefficient (Wildman–Crippen LogP) is 5.72. The number of aryl methyl sites for hydroxylation is 1. The average Bonchev–Trinajstić information content (AvgIpc) is 3.54. The van der Waals surface area contributed by atoms with E-state index in [0.717, 1.165) is 17.7 Å². The molecular weight excluding hydrogens is 414 g/mol. The van der Waals surface area contributed by atoms with E-state index in [1.54, 1.807) is 24.3 Å². The molecule has 0 spiro atoms. The zero-order valence-corrected chi connectivity index (χ0v) is 17.7. The molecule has 0 saturated heterocycles. The summed E-state index contributed by atoms with van der Waals surface area (Å²) in [7, 11) is 0. The molecule has 2 amide bonds. The molecule has 32 heavy (non-hydrogen) atoms. The van der Waals surface area contributed by atoms with E-state index in [9.17, 15) is 18.8 Å². The van der Waals surface area contributed by atoms with Crippen molar-refractivity contribution in [2.75, 3.05) is 11.9 Å². The Bertz CT molecular complexity index is 1160. The highest BCUT2D eigenvalue weighted by molar-refractivity contribution is 5.96. The summed E-state index contributed by atoms with van der Waals surface area (Å²) < 4.78 is 32.1. The zero-order valence-electron chi connectivity index (χ0n) is 17.7. The van der Waals surface area contributed by atoms with Crippen LogP contribution in [0.1, 0.15) is 31.7 Å². The number of nitrogens with one attached hydrogen (secondary N) is 2. The van der Waals surface area contributed by atoms with Crippen molar-refractivity contribution in [3.8, 4) is 23.1 Å². The van der Waals surface area contributed by atoms with Crippen LogP contribution in [-0.2, 0) is 6.54 Å². The van der Waals surface area contributed by atoms with Gasteiger partial charge in [0.15, 0.2) is 0 Å². The van der Waals surface area contributed by atoms with Crippen molar-refractivity contribution < 1.29 is 18.3 Å². The highest BCUT2D eigenvalue weighted by Crippen LogP contribution is 2.38. The van der Waals surface area contributed by atoms with Gasteiger partial charge in [-0.25, -0.2) is 4.79 Å². The molecule has 1 fully saturated rings. The summed E-state index contributed by atoms with van der Waals surface area (Å²) in [5, 5.41) is 16.1. The van der Waals surface area contributed by atoms with Crippen LogP contribution in [0.15, 0.2) is 42.5 Å². The lowest BCUT2D eigenvalue weighted by Crippen LogP contribution is -2.28. The van der Waals surface area contributed by atoms with Gasteiger partial charge in [0.1, 0.15) is 11.8 Å². The smallest absolute Gasteiger partial charge is 0.387 e. The monoisotopic (exact) mass is 438 g/mol. The number of amides is 2. The fourth-order valence-electron chi connectivity index (χ4n) is 3.92. The van der Waals surface area contributed by atoms with E-state index in [1.807, 2.05) is 23.6 Å². The molecule has 2 N–H and O–H groups in total. The maximum absolute atomic E-state index is 12.8. The fourth-order valence-corrected chi connectivity index (χ4v) is 3.92. The molecule has 1 saturated carbocycles. The first-order valence-corrected chi connectivity index (χ1v) is 10.7. The minimum Gasteiger partial charge on any atom is -0.435 e. The second kappa shape index (κ2) is 9.27. The lowest BCUT2D eigenvalue weighted by molar-refractivity contribution is -0.0497. The van der Waals surface area contributed by atoms with Crippen molar-refractivity contribution in [2.45, 2.75) is 39.3 Å². The first-order valence-electron chi connectivity index (χ1n) is 10.7. The number of aromatic nitrogens is 1. The number of ether oxygens (including phenoxy) is 1. The highest BCUT2D eigenvalue weighted by atomic mass is 19.3. The number of hydrogen-bond acceptors (Lipinski definition) is 3. The van der Waals surface area contributed by atoms with Crippen LogP contribution in [0, 0.1) is 17.2 Å². The second-order valence-corrected chi connectivity index (χ2v) is 7.84. The molecule has 6 nitrogen and oxygen atoms in total. The van der Waals surface area contributed by atoms with Gasteiger partial charge in [-0.05, 0) is 49.1 Å². The highest BCUT2D eigenvalue weighted by Gasteiger charge is 2.24. The third-order valence-corrected chi connectivity index (χ3v) is 5.58. The van der Waals surface area contributed by atoms with Crippen LogP contribution >= 0.6 is 0 Å². The molecule has 1 aliphatic carbocycles. The molecule has 8 heteroatoms. The Morgan fingerprint density at radius 2 is 2.00 bits per heavy atom. The first-order chi connectivity index (χ1) is 15.5. The van der Waals surface area contributed by atoms with Crippen molar-refractivity contribution in [3.05, 3.63) is 48.0 Å². The summed E-state index contributed by atoms with van der Waals surface area (Å²) in [5.74, 6) is 0.727. The van der Waals surface area contributed by atoms with Crippen LogP contribution in [0.25, 0.3) is 22.2 Å². The molecular formula is C24H24F2N4O2. The summed E-state index contributed by atoms with van der Waals surface area (Å²) in [5.41, 5.74) is 3.36. The molecule has 3 aromatic rings. The Labute approximate surface area is 184 Å². The van der Waals surface area contributed by atoms with Gasteiger partial charge in [-0.2, -0.15) is 14.0 Å². The van der Waals surface area contributed by atoms with Gasteiger partial charge in [0.05, 0.1) is 16.8 Å². The average molecular weight is 438 g/mol. The van der Waals surface area contributed by atoms with Crippen molar-refractivity contribution in [3.63, 3.8) is 0 Å². The summed E-state index contributed by atoms with van der Waals surface area (Å²) in [6, 6.07) is 14.0. The Balaban J connectivity index is 1.76. The SMILES string of the molecule is CCNC(=O)Nc1ccc(-c2c(C#N)c3ccc(OC(F)F)cc3n2CCC2CC2)cc1. The number of nitrogens with zero attached hydrogens (tertiary/aromatic N) is 2. The first kappa shape index (κ1) is 21.6. The number of benzene rings is 2. The van der Waals surface area contributed by atoms with E-state index in [4.69, 9.17) is 0 Å². The normalized spacial score (nSPS) is 13.2. The molecule has 0 bridgehead atoms.